The van der Waals surface area contributed by atoms with Gasteiger partial charge in [-0.1, -0.05) is 0 Å². The molecule has 0 saturated carbocycles. The summed E-state index contributed by atoms with van der Waals surface area (Å²) in [5.41, 5.74) is 0.930. The first-order valence-electron chi connectivity index (χ1n) is 6.11. The molecule has 0 aromatic heterocycles. The van der Waals surface area contributed by atoms with Crippen molar-refractivity contribution in [3.05, 3.63) is 37.4 Å². The first-order valence-corrected chi connectivity index (χ1v) is 6.11. The van der Waals surface area contributed by atoms with Gasteiger partial charge in [-0.15, -0.1) is 0 Å². The van der Waals surface area contributed by atoms with Gasteiger partial charge in [-0.25, -0.2) is 0 Å². The Kier molecular flexibility index (Phi) is 3.37. The van der Waals surface area contributed by atoms with Gasteiger partial charge in [0.1, 0.15) is 11.3 Å². The number of nitro groups is 2. The number of nitro benzene ring substituents is 2. The van der Waals surface area contributed by atoms with E-state index in [4.69, 9.17) is 0 Å². The van der Waals surface area contributed by atoms with E-state index in [0.29, 0.717) is 11.3 Å². The van der Waals surface area contributed by atoms with Crippen LogP contribution in [0.2, 0.25) is 0 Å². The van der Waals surface area contributed by atoms with E-state index in [1.165, 1.54) is 13.0 Å². The molecular weight excluding hydrogens is 250 g/mol. The van der Waals surface area contributed by atoms with Gasteiger partial charge < -0.3 is 4.90 Å². The van der Waals surface area contributed by atoms with Crippen LogP contribution in [0.15, 0.2) is 6.07 Å². The van der Waals surface area contributed by atoms with Gasteiger partial charge in [-0.2, -0.15) is 0 Å². The van der Waals surface area contributed by atoms with Crippen molar-refractivity contribution in [2.45, 2.75) is 26.7 Å². The maximum Gasteiger partial charge on any atom is 0.302 e. The van der Waals surface area contributed by atoms with Gasteiger partial charge in [0.25, 0.3) is 5.69 Å². The highest BCUT2D eigenvalue weighted by atomic mass is 16.6. The Balaban J connectivity index is 2.68. The van der Waals surface area contributed by atoms with E-state index in [0.717, 1.165) is 25.9 Å². The zero-order chi connectivity index (χ0) is 14.2. The van der Waals surface area contributed by atoms with E-state index in [1.54, 1.807) is 6.92 Å². The summed E-state index contributed by atoms with van der Waals surface area (Å²) in [6, 6.07) is 1.43. The summed E-state index contributed by atoms with van der Waals surface area (Å²) in [6.45, 7) is 4.65. The predicted molar refractivity (Wildman–Crippen MR) is 70.7 cm³/mol. The average molecular weight is 265 g/mol. The normalized spacial score (nSPS) is 14.7. The van der Waals surface area contributed by atoms with Crippen LogP contribution < -0.4 is 4.90 Å². The molecule has 2 rings (SSSR count). The molecule has 0 spiro atoms. The molecular formula is C12H15N3O4. The Hall–Kier alpha value is -2.18. The van der Waals surface area contributed by atoms with E-state index in [-0.39, 0.29) is 16.9 Å². The van der Waals surface area contributed by atoms with E-state index in [2.05, 4.69) is 0 Å². The topological polar surface area (TPSA) is 89.5 Å². The van der Waals surface area contributed by atoms with E-state index in [9.17, 15) is 20.2 Å². The minimum absolute atomic E-state index is 0.127. The second-order valence-corrected chi connectivity index (χ2v) is 4.74. The molecule has 19 heavy (non-hydrogen) atoms. The minimum Gasteiger partial charge on any atom is -0.366 e. The first kappa shape index (κ1) is 13.3. The van der Waals surface area contributed by atoms with Crippen LogP contribution in [0, 0.1) is 34.1 Å². The number of anilines is 1. The van der Waals surface area contributed by atoms with Crippen LogP contribution >= 0.6 is 0 Å². The maximum absolute atomic E-state index is 11.3. The van der Waals surface area contributed by atoms with E-state index >= 15 is 0 Å². The second-order valence-electron chi connectivity index (χ2n) is 4.74. The highest BCUT2D eigenvalue weighted by Gasteiger charge is 2.31. The van der Waals surface area contributed by atoms with Crippen LogP contribution in [-0.4, -0.2) is 22.9 Å². The Morgan fingerprint density at radius 3 is 2.16 bits per heavy atom. The van der Waals surface area contributed by atoms with Gasteiger partial charge in [0.05, 0.1) is 9.85 Å². The Bertz CT molecular complexity index is 550. The largest absolute Gasteiger partial charge is 0.366 e. The number of hydrogen-bond donors (Lipinski definition) is 0. The third kappa shape index (κ3) is 2.23. The van der Waals surface area contributed by atoms with Crippen LogP contribution in [0.25, 0.3) is 0 Å². The maximum atomic E-state index is 11.3. The molecule has 0 atom stereocenters. The third-order valence-electron chi connectivity index (χ3n) is 3.49. The number of benzene rings is 1. The molecule has 0 bridgehead atoms. The van der Waals surface area contributed by atoms with Gasteiger partial charge in [-0.3, -0.25) is 20.2 Å². The number of hydrogen-bond acceptors (Lipinski definition) is 5. The van der Waals surface area contributed by atoms with Crippen LogP contribution in [-0.2, 0) is 0 Å². The molecule has 1 fully saturated rings. The predicted octanol–water partition coefficient (Wildman–Crippen LogP) is 2.72. The van der Waals surface area contributed by atoms with Crippen molar-refractivity contribution in [1.29, 1.82) is 0 Å². The smallest absolute Gasteiger partial charge is 0.302 e. The lowest BCUT2D eigenvalue weighted by Crippen LogP contribution is -2.21. The molecule has 0 aliphatic carbocycles. The third-order valence-corrected chi connectivity index (χ3v) is 3.49. The number of rotatable bonds is 3. The molecule has 0 radical (unpaired) electrons. The lowest BCUT2D eigenvalue weighted by Gasteiger charge is -2.20. The summed E-state index contributed by atoms with van der Waals surface area (Å²) in [5.74, 6) is 0. The second kappa shape index (κ2) is 4.83. The molecule has 0 amide bonds. The quantitative estimate of drug-likeness (QED) is 0.619. The van der Waals surface area contributed by atoms with Crippen LogP contribution in [0.5, 0.6) is 0 Å². The van der Waals surface area contributed by atoms with Gasteiger partial charge in [0.15, 0.2) is 0 Å². The summed E-state index contributed by atoms with van der Waals surface area (Å²) in [5, 5.41) is 22.2. The molecule has 1 aliphatic rings. The first-order chi connectivity index (χ1) is 8.93. The lowest BCUT2D eigenvalue weighted by atomic mass is 10.0. The summed E-state index contributed by atoms with van der Waals surface area (Å²) in [7, 11) is 0. The summed E-state index contributed by atoms with van der Waals surface area (Å²) in [4.78, 5) is 23.1. The van der Waals surface area contributed by atoms with Crippen molar-refractivity contribution in [2.24, 2.45) is 0 Å². The molecule has 1 heterocycles. The summed E-state index contributed by atoms with van der Waals surface area (Å²) < 4.78 is 0. The van der Waals surface area contributed by atoms with Crippen molar-refractivity contribution in [3.63, 3.8) is 0 Å². The van der Waals surface area contributed by atoms with Crippen LogP contribution in [0.3, 0.4) is 0 Å². The van der Waals surface area contributed by atoms with Crippen molar-refractivity contribution in [3.8, 4) is 0 Å². The van der Waals surface area contributed by atoms with Crippen LogP contribution in [0.1, 0.15) is 24.0 Å². The van der Waals surface area contributed by atoms with Crippen molar-refractivity contribution in [2.75, 3.05) is 18.0 Å². The van der Waals surface area contributed by atoms with Crippen molar-refractivity contribution < 1.29 is 9.85 Å². The zero-order valence-corrected chi connectivity index (χ0v) is 10.9. The molecule has 0 unspecified atom stereocenters. The monoisotopic (exact) mass is 265 g/mol. The summed E-state index contributed by atoms with van der Waals surface area (Å²) >= 11 is 0. The fraction of sp³-hybridized carbons (Fsp3) is 0.500. The SMILES string of the molecule is Cc1cc([N+](=O)[O-])c(C)c([N+](=O)[O-])c1N1CCCC1. The highest BCUT2D eigenvalue weighted by Crippen LogP contribution is 2.40. The molecule has 0 N–H and O–H groups in total. The fourth-order valence-electron chi connectivity index (χ4n) is 2.62. The standard InChI is InChI=1S/C12H15N3O4/c1-8-7-10(14(16)17)9(2)12(15(18)19)11(8)13-5-3-4-6-13/h7H,3-6H2,1-2H3. The molecule has 102 valence electrons. The zero-order valence-electron chi connectivity index (χ0n) is 10.9. The fourth-order valence-corrected chi connectivity index (χ4v) is 2.62. The number of aryl methyl sites for hydroxylation is 1. The molecule has 7 heteroatoms. The minimum atomic E-state index is -0.566. The summed E-state index contributed by atoms with van der Waals surface area (Å²) in [6.07, 6.45) is 1.99. The van der Waals surface area contributed by atoms with Gasteiger partial charge in [0, 0.05) is 19.2 Å². The Morgan fingerprint density at radius 1 is 1.11 bits per heavy atom. The Morgan fingerprint density at radius 2 is 1.68 bits per heavy atom. The molecule has 1 aromatic rings. The molecule has 1 saturated heterocycles. The average Bonchev–Trinajstić information content (AvgIpc) is 2.83. The van der Waals surface area contributed by atoms with Gasteiger partial charge >= 0.3 is 5.69 Å². The number of nitrogens with zero attached hydrogens (tertiary/aromatic N) is 3. The van der Waals surface area contributed by atoms with Gasteiger partial charge in [-0.05, 0) is 32.3 Å². The van der Waals surface area contributed by atoms with E-state index in [1.807, 2.05) is 4.90 Å². The van der Waals surface area contributed by atoms with Crippen LogP contribution in [0.4, 0.5) is 17.1 Å². The molecule has 1 aliphatic heterocycles. The Labute approximate surface area is 110 Å². The lowest BCUT2D eigenvalue weighted by molar-refractivity contribution is -0.394. The molecule has 7 nitrogen and oxygen atoms in total. The van der Waals surface area contributed by atoms with E-state index < -0.39 is 9.85 Å². The van der Waals surface area contributed by atoms with Crippen molar-refractivity contribution in [1.82, 2.24) is 0 Å². The highest BCUT2D eigenvalue weighted by molar-refractivity contribution is 5.75. The molecule has 1 aromatic carbocycles. The van der Waals surface area contributed by atoms with Crippen molar-refractivity contribution >= 4 is 17.1 Å². The van der Waals surface area contributed by atoms with Gasteiger partial charge in [0.2, 0.25) is 0 Å².